The number of hydrogen-bond acceptors (Lipinski definition) is 2. The summed E-state index contributed by atoms with van der Waals surface area (Å²) >= 11 is 0. The van der Waals surface area contributed by atoms with Gasteiger partial charge in [0, 0.05) is 23.5 Å². The summed E-state index contributed by atoms with van der Waals surface area (Å²) in [5.41, 5.74) is 2.67. The summed E-state index contributed by atoms with van der Waals surface area (Å²) in [7, 11) is 0. The van der Waals surface area contributed by atoms with Crippen LogP contribution in [0.2, 0.25) is 0 Å². The van der Waals surface area contributed by atoms with Crippen molar-refractivity contribution >= 4 is 33.6 Å². The summed E-state index contributed by atoms with van der Waals surface area (Å²) in [4.78, 5) is 27.3. The number of carboxylic acid groups (broad SMARTS) is 1. The zero-order valence-electron chi connectivity index (χ0n) is 15.2. The lowest BCUT2D eigenvalue weighted by Crippen LogP contribution is -2.43. The molecular formula is C23H20N2O3. The van der Waals surface area contributed by atoms with Gasteiger partial charge in [0.05, 0.1) is 6.42 Å². The molecule has 1 aromatic heterocycles. The van der Waals surface area contributed by atoms with Crippen molar-refractivity contribution in [3.63, 3.8) is 0 Å². The van der Waals surface area contributed by atoms with Crippen LogP contribution in [0.1, 0.15) is 11.1 Å². The van der Waals surface area contributed by atoms with Gasteiger partial charge in [0.2, 0.25) is 5.91 Å². The number of amides is 1. The van der Waals surface area contributed by atoms with Crippen LogP contribution in [-0.4, -0.2) is 28.0 Å². The number of carbonyl (C=O) groups is 2. The van der Waals surface area contributed by atoms with Gasteiger partial charge in [-0.3, -0.25) is 4.79 Å². The van der Waals surface area contributed by atoms with Crippen LogP contribution in [0.5, 0.6) is 0 Å². The van der Waals surface area contributed by atoms with Gasteiger partial charge in [0.15, 0.2) is 0 Å². The minimum absolute atomic E-state index is 0.141. The molecule has 28 heavy (non-hydrogen) atoms. The first-order valence-corrected chi connectivity index (χ1v) is 9.15. The van der Waals surface area contributed by atoms with Crippen molar-refractivity contribution in [2.45, 2.75) is 18.9 Å². The highest BCUT2D eigenvalue weighted by Crippen LogP contribution is 2.19. The molecule has 1 amide bonds. The molecule has 0 saturated heterocycles. The van der Waals surface area contributed by atoms with E-state index in [1.165, 1.54) is 0 Å². The number of aromatic nitrogens is 1. The summed E-state index contributed by atoms with van der Waals surface area (Å²) in [6, 6.07) is 20.5. The monoisotopic (exact) mass is 372 g/mol. The summed E-state index contributed by atoms with van der Waals surface area (Å²) in [5.74, 6) is -1.35. The second kappa shape index (κ2) is 7.56. The third-order valence-electron chi connectivity index (χ3n) is 4.91. The number of rotatable bonds is 6. The van der Waals surface area contributed by atoms with Crippen molar-refractivity contribution in [1.29, 1.82) is 0 Å². The van der Waals surface area contributed by atoms with E-state index in [0.717, 1.165) is 32.8 Å². The average Bonchev–Trinajstić information content (AvgIpc) is 3.10. The summed E-state index contributed by atoms with van der Waals surface area (Å²) in [6.45, 7) is 0. The van der Waals surface area contributed by atoms with Gasteiger partial charge >= 0.3 is 5.97 Å². The number of H-pyrrole nitrogens is 1. The molecule has 4 rings (SSSR count). The second-order valence-electron chi connectivity index (χ2n) is 6.88. The van der Waals surface area contributed by atoms with E-state index in [-0.39, 0.29) is 18.7 Å². The Balaban J connectivity index is 1.47. The molecule has 0 aliphatic rings. The Bertz CT molecular complexity index is 1160. The van der Waals surface area contributed by atoms with Gasteiger partial charge in [-0.1, -0.05) is 60.7 Å². The fourth-order valence-electron chi connectivity index (χ4n) is 3.50. The van der Waals surface area contributed by atoms with E-state index in [0.29, 0.717) is 0 Å². The van der Waals surface area contributed by atoms with Crippen molar-refractivity contribution < 1.29 is 14.7 Å². The minimum Gasteiger partial charge on any atom is -0.480 e. The van der Waals surface area contributed by atoms with Crippen molar-refractivity contribution in [2.24, 2.45) is 0 Å². The second-order valence-corrected chi connectivity index (χ2v) is 6.88. The molecule has 0 spiro atoms. The van der Waals surface area contributed by atoms with E-state index in [4.69, 9.17) is 0 Å². The SMILES string of the molecule is O=C(Cc1ccc2ccccc2c1)N[C@H](Cc1c[nH]c2ccccc12)C(=O)O. The number of para-hydroxylation sites is 1. The van der Waals surface area contributed by atoms with Crippen LogP contribution in [-0.2, 0) is 22.4 Å². The van der Waals surface area contributed by atoms with E-state index in [1.807, 2.05) is 66.7 Å². The lowest BCUT2D eigenvalue weighted by Gasteiger charge is -2.14. The average molecular weight is 372 g/mol. The molecule has 0 saturated carbocycles. The quantitative estimate of drug-likeness (QED) is 0.483. The Labute approximate surface area is 162 Å². The number of benzene rings is 3. The fourth-order valence-corrected chi connectivity index (χ4v) is 3.50. The predicted molar refractivity (Wildman–Crippen MR) is 109 cm³/mol. The van der Waals surface area contributed by atoms with Crippen molar-refractivity contribution in [3.8, 4) is 0 Å². The largest absolute Gasteiger partial charge is 0.480 e. The Morgan fingerprint density at radius 2 is 1.71 bits per heavy atom. The molecule has 1 heterocycles. The molecular weight excluding hydrogens is 352 g/mol. The normalized spacial score (nSPS) is 12.1. The zero-order valence-corrected chi connectivity index (χ0v) is 15.2. The van der Waals surface area contributed by atoms with E-state index in [1.54, 1.807) is 6.20 Å². The molecule has 140 valence electrons. The maximum atomic E-state index is 12.5. The third-order valence-corrected chi connectivity index (χ3v) is 4.91. The highest BCUT2D eigenvalue weighted by molar-refractivity contribution is 5.88. The van der Waals surface area contributed by atoms with E-state index in [2.05, 4.69) is 10.3 Å². The molecule has 0 fully saturated rings. The Morgan fingerprint density at radius 3 is 2.54 bits per heavy atom. The third kappa shape index (κ3) is 3.74. The van der Waals surface area contributed by atoms with Gasteiger partial charge in [0.25, 0.3) is 0 Å². The molecule has 4 aromatic rings. The number of carboxylic acids is 1. The van der Waals surface area contributed by atoms with Crippen molar-refractivity contribution in [1.82, 2.24) is 10.3 Å². The lowest BCUT2D eigenvalue weighted by molar-refractivity contribution is -0.141. The van der Waals surface area contributed by atoms with Gasteiger partial charge in [-0.15, -0.1) is 0 Å². The molecule has 0 bridgehead atoms. The highest BCUT2D eigenvalue weighted by atomic mass is 16.4. The van der Waals surface area contributed by atoms with E-state index in [9.17, 15) is 14.7 Å². The predicted octanol–water partition coefficient (Wildman–Crippen LogP) is 3.68. The topological polar surface area (TPSA) is 82.2 Å². The molecule has 1 atom stereocenters. The fraction of sp³-hybridized carbons (Fsp3) is 0.130. The molecule has 0 aliphatic heterocycles. The molecule has 3 N–H and O–H groups in total. The highest BCUT2D eigenvalue weighted by Gasteiger charge is 2.22. The maximum Gasteiger partial charge on any atom is 0.326 e. The number of aliphatic carboxylic acids is 1. The number of nitrogens with one attached hydrogen (secondary N) is 2. The summed E-state index contributed by atoms with van der Waals surface area (Å²) in [5, 5.41) is 15.4. The van der Waals surface area contributed by atoms with Gasteiger partial charge in [-0.2, -0.15) is 0 Å². The number of aromatic amines is 1. The first-order chi connectivity index (χ1) is 13.6. The number of hydrogen-bond donors (Lipinski definition) is 3. The van der Waals surface area contributed by atoms with Crippen LogP contribution in [0.15, 0.2) is 72.9 Å². The number of carbonyl (C=O) groups excluding carboxylic acids is 1. The Morgan fingerprint density at radius 1 is 0.964 bits per heavy atom. The Hall–Kier alpha value is -3.60. The first-order valence-electron chi connectivity index (χ1n) is 9.15. The van der Waals surface area contributed by atoms with Gasteiger partial charge in [-0.25, -0.2) is 4.79 Å². The maximum absolute atomic E-state index is 12.5. The zero-order chi connectivity index (χ0) is 19.5. The summed E-state index contributed by atoms with van der Waals surface area (Å²) < 4.78 is 0. The van der Waals surface area contributed by atoms with Crippen LogP contribution in [0.25, 0.3) is 21.7 Å². The molecule has 3 aromatic carbocycles. The minimum atomic E-state index is -1.04. The number of fused-ring (bicyclic) bond motifs is 2. The molecule has 5 nitrogen and oxygen atoms in total. The van der Waals surface area contributed by atoms with Crippen molar-refractivity contribution in [3.05, 3.63) is 84.1 Å². The standard InChI is InChI=1S/C23H20N2O3/c26-22(12-15-9-10-16-5-1-2-6-17(16)11-15)25-21(23(27)28)13-18-14-24-20-8-4-3-7-19(18)20/h1-11,14,21,24H,12-13H2,(H,25,26)(H,27,28)/t21-/m1/s1. The van der Waals surface area contributed by atoms with Gasteiger partial charge < -0.3 is 15.4 Å². The van der Waals surface area contributed by atoms with E-state index < -0.39 is 12.0 Å². The first kappa shape index (κ1) is 17.8. The van der Waals surface area contributed by atoms with Crippen LogP contribution in [0.4, 0.5) is 0 Å². The molecule has 5 heteroatoms. The molecule has 0 aliphatic carbocycles. The van der Waals surface area contributed by atoms with Gasteiger partial charge in [0.1, 0.15) is 6.04 Å². The van der Waals surface area contributed by atoms with Crippen LogP contribution in [0.3, 0.4) is 0 Å². The van der Waals surface area contributed by atoms with Crippen LogP contribution in [0, 0.1) is 0 Å². The van der Waals surface area contributed by atoms with Gasteiger partial charge in [-0.05, 0) is 28.0 Å². The Kier molecular flexibility index (Phi) is 4.81. The van der Waals surface area contributed by atoms with Crippen LogP contribution >= 0.6 is 0 Å². The smallest absolute Gasteiger partial charge is 0.326 e. The lowest BCUT2D eigenvalue weighted by atomic mass is 10.0. The van der Waals surface area contributed by atoms with Crippen LogP contribution < -0.4 is 5.32 Å². The molecule has 0 unspecified atom stereocenters. The molecule has 0 radical (unpaired) electrons. The summed E-state index contributed by atoms with van der Waals surface area (Å²) in [6.07, 6.45) is 2.17. The van der Waals surface area contributed by atoms with Crippen molar-refractivity contribution in [2.75, 3.05) is 0 Å². The van der Waals surface area contributed by atoms with E-state index >= 15 is 0 Å².